The summed E-state index contributed by atoms with van der Waals surface area (Å²) in [6, 6.07) is 7.71. The predicted molar refractivity (Wildman–Crippen MR) is 132 cm³/mol. The van der Waals surface area contributed by atoms with Crippen LogP contribution in [0.4, 0.5) is 10.9 Å². The lowest BCUT2D eigenvalue weighted by atomic mass is 10.1. The van der Waals surface area contributed by atoms with Gasteiger partial charge in [0.1, 0.15) is 5.82 Å². The number of anilines is 2. The quantitative estimate of drug-likeness (QED) is 0.439. The van der Waals surface area contributed by atoms with Crippen molar-refractivity contribution in [3.8, 4) is 10.4 Å². The molecule has 1 fully saturated rings. The van der Waals surface area contributed by atoms with Gasteiger partial charge in [0.15, 0.2) is 10.9 Å². The Kier molecular flexibility index (Phi) is 5.97. The Morgan fingerprint density at radius 2 is 1.88 bits per heavy atom. The maximum absolute atomic E-state index is 13.0. The van der Waals surface area contributed by atoms with Crippen molar-refractivity contribution in [2.75, 3.05) is 50.5 Å². The molecule has 0 amide bonds. The summed E-state index contributed by atoms with van der Waals surface area (Å²) in [5.41, 5.74) is 3.19. The van der Waals surface area contributed by atoms with Gasteiger partial charge in [0, 0.05) is 74.0 Å². The molecule has 4 aromatic heterocycles. The Bertz CT molecular complexity index is 1300. The van der Waals surface area contributed by atoms with Gasteiger partial charge in [0.05, 0.1) is 23.0 Å². The van der Waals surface area contributed by atoms with Crippen molar-refractivity contribution >= 4 is 39.0 Å². The van der Waals surface area contributed by atoms with Gasteiger partial charge in [-0.3, -0.25) is 14.8 Å². The molecule has 168 valence electrons. The van der Waals surface area contributed by atoms with E-state index in [2.05, 4.69) is 48.2 Å². The monoisotopic (exact) mass is 459 g/mol. The fourth-order valence-corrected chi connectivity index (χ4v) is 4.65. The van der Waals surface area contributed by atoms with Crippen molar-refractivity contribution < 1.29 is 4.79 Å². The van der Waals surface area contributed by atoms with Crippen LogP contribution in [0.3, 0.4) is 0 Å². The number of hydrogen-bond donors (Lipinski definition) is 1. The number of hydrogen-bond acceptors (Lipinski definition) is 9. The zero-order chi connectivity index (χ0) is 22.8. The summed E-state index contributed by atoms with van der Waals surface area (Å²) in [6.07, 6.45) is 7.36. The molecule has 9 heteroatoms. The van der Waals surface area contributed by atoms with Gasteiger partial charge in [-0.15, -0.1) is 0 Å². The van der Waals surface area contributed by atoms with Crippen LogP contribution in [-0.2, 0) is 6.42 Å². The highest BCUT2D eigenvalue weighted by molar-refractivity contribution is 7.18. The molecule has 1 N–H and O–H groups in total. The van der Waals surface area contributed by atoms with E-state index in [0.717, 1.165) is 64.2 Å². The van der Waals surface area contributed by atoms with E-state index < -0.39 is 0 Å². The van der Waals surface area contributed by atoms with Crippen molar-refractivity contribution in [3.63, 3.8) is 0 Å². The van der Waals surface area contributed by atoms with Gasteiger partial charge in [0.2, 0.25) is 0 Å². The van der Waals surface area contributed by atoms with Crippen molar-refractivity contribution in [1.29, 1.82) is 0 Å². The van der Waals surface area contributed by atoms with Gasteiger partial charge in [-0.1, -0.05) is 11.3 Å². The first-order valence-corrected chi connectivity index (χ1v) is 11.7. The third-order valence-corrected chi connectivity index (χ3v) is 6.93. The molecule has 0 radical (unpaired) electrons. The number of fused-ring (bicyclic) bond motifs is 1. The molecular formula is C24H25N7OS. The van der Waals surface area contributed by atoms with Crippen LogP contribution in [0.15, 0.2) is 49.1 Å². The molecule has 0 aliphatic carbocycles. The van der Waals surface area contributed by atoms with Gasteiger partial charge in [-0.25, -0.2) is 9.97 Å². The number of aromatic nitrogens is 4. The number of Topliss-reactive ketones (excluding diaryl/α,β-unsaturated/α-hetero) is 1. The van der Waals surface area contributed by atoms with E-state index in [4.69, 9.17) is 0 Å². The Hall–Kier alpha value is -3.43. The van der Waals surface area contributed by atoms with Crippen LogP contribution in [0.25, 0.3) is 21.3 Å². The summed E-state index contributed by atoms with van der Waals surface area (Å²) in [6.45, 7) is 3.82. The van der Waals surface area contributed by atoms with E-state index in [-0.39, 0.29) is 12.2 Å². The number of carbonyl (C=O) groups is 1. The highest BCUT2D eigenvalue weighted by atomic mass is 32.1. The molecule has 5 rings (SSSR count). The number of carbonyl (C=O) groups excluding carboxylic acids is 1. The van der Waals surface area contributed by atoms with Crippen molar-refractivity contribution in [1.82, 2.24) is 24.8 Å². The summed E-state index contributed by atoms with van der Waals surface area (Å²) >= 11 is 1.58. The fourth-order valence-electron chi connectivity index (χ4n) is 3.90. The minimum atomic E-state index is 0.0323. The first-order chi connectivity index (χ1) is 16.1. The lowest BCUT2D eigenvalue weighted by molar-refractivity contribution is 0.0992. The third-order valence-electron chi connectivity index (χ3n) is 5.86. The molecule has 0 atom stereocenters. The van der Waals surface area contributed by atoms with Crippen LogP contribution in [0.1, 0.15) is 16.1 Å². The van der Waals surface area contributed by atoms with Crippen LogP contribution in [0.5, 0.6) is 0 Å². The van der Waals surface area contributed by atoms with E-state index in [1.54, 1.807) is 29.8 Å². The normalized spacial score (nSPS) is 14.5. The highest BCUT2D eigenvalue weighted by Gasteiger charge is 2.17. The topological polar surface area (TPSA) is 87.1 Å². The average Bonchev–Trinajstić information content (AvgIpc) is 3.34. The Labute approximate surface area is 196 Å². The molecule has 1 aliphatic rings. The maximum Gasteiger partial charge on any atom is 0.182 e. The zero-order valence-corrected chi connectivity index (χ0v) is 19.5. The first-order valence-electron chi connectivity index (χ1n) is 10.9. The van der Waals surface area contributed by atoms with Crippen LogP contribution in [-0.4, -0.2) is 70.9 Å². The Balaban J connectivity index is 1.35. The largest absolute Gasteiger partial charge is 0.365 e. The molecule has 1 aliphatic heterocycles. The second-order valence-corrected chi connectivity index (χ2v) is 9.20. The van der Waals surface area contributed by atoms with E-state index in [1.165, 1.54) is 0 Å². The maximum atomic E-state index is 13.0. The van der Waals surface area contributed by atoms with Gasteiger partial charge >= 0.3 is 0 Å². The van der Waals surface area contributed by atoms with E-state index >= 15 is 0 Å². The summed E-state index contributed by atoms with van der Waals surface area (Å²) in [7, 11) is 3.98. The smallest absolute Gasteiger partial charge is 0.182 e. The van der Waals surface area contributed by atoms with Crippen LogP contribution >= 0.6 is 11.3 Å². The van der Waals surface area contributed by atoms with Crippen LogP contribution in [0.2, 0.25) is 0 Å². The molecule has 0 bridgehead atoms. The number of nitrogens with zero attached hydrogens (tertiary/aromatic N) is 6. The zero-order valence-electron chi connectivity index (χ0n) is 18.7. The lowest BCUT2D eigenvalue weighted by Gasteiger charge is -2.33. The molecule has 8 nitrogen and oxygen atoms in total. The molecule has 1 saturated heterocycles. The van der Waals surface area contributed by atoms with Gasteiger partial charge in [-0.2, -0.15) is 0 Å². The minimum absolute atomic E-state index is 0.0323. The van der Waals surface area contributed by atoms with Crippen molar-refractivity contribution in [2.45, 2.75) is 6.42 Å². The fraction of sp³-hybridized carbons (Fsp3) is 0.292. The van der Waals surface area contributed by atoms with E-state index in [9.17, 15) is 4.79 Å². The molecule has 0 aromatic carbocycles. The number of pyridine rings is 3. The third kappa shape index (κ3) is 4.69. The number of likely N-dealkylation sites (N-methyl/N-ethyl adjacent to an activating group) is 1. The number of ketones is 1. The number of rotatable bonds is 6. The second kappa shape index (κ2) is 9.21. The summed E-state index contributed by atoms with van der Waals surface area (Å²) < 4.78 is 0. The van der Waals surface area contributed by atoms with Crippen molar-refractivity contribution in [2.24, 2.45) is 0 Å². The van der Waals surface area contributed by atoms with E-state index in [1.807, 2.05) is 31.6 Å². The molecule has 5 heterocycles. The molecule has 0 spiro atoms. The first kappa shape index (κ1) is 21.4. The molecule has 33 heavy (non-hydrogen) atoms. The number of thiazole rings is 1. The number of piperazine rings is 1. The lowest BCUT2D eigenvalue weighted by Crippen LogP contribution is -2.44. The van der Waals surface area contributed by atoms with Crippen LogP contribution in [0, 0.1) is 0 Å². The summed E-state index contributed by atoms with van der Waals surface area (Å²) in [5, 5.41) is 4.87. The predicted octanol–water partition coefficient (Wildman–Crippen LogP) is 3.37. The standard InChI is InChI=1S/C24H25N7OS/c1-25-24-29-15-22(33-24)18-9-17-10-19(27-14-20(17)28-13-18)12-21(32)16-3-4-26-23(11-16)31-7-5-30(2)6-8-31/h3-4,9-11,13-15H,5-8,12H2,1-2H3,(H,25,29). The summed E-state index contributed by atoms with van der Waals surface area (Å²) in [5.74, 6) is 0.893. The minimum Gasteiger partial charge on any atom is -0.365 e. The molecular weight excluding hydrogens is 434 g/mol. The average molecular weight is 460 g/mol. The van der Waals surface area contributed by atoms with Gasteiger partial charge in [-0.05, 0) is 31.3 Å². The van der Waals surface area contributed by atoms with Crippen molar-refractivity contribution in [3.05, 3.63) is 60.3 Å². The molecule has 0 unspecified atom stereocenters. The van der Waals surface area contributed by atoms with Crippen LogP contribution < -0.4 is 10.2 Å². The van der Waals surface area contributed by atoms with E-state index in [0.29, 0.717) is 5.56 Å². The number of nitrogens with one attached hydrogen (secondary N) is 1. The second-order valence-electron chi connectivity index (χ2n) is 8.16. The SMILES string of the molecule is CNc1ncc(-c2cnc3cnc(CC(=O)c4ccnc(N5CCN(C)CC5)c4)cc3c2)s1. The van der Waals surface area contributed by atoms with Gasteiger partial charge in [0.25, 0.3) is 0 Å². The highest BCUT2D eigenvalue weighted by Crippen LogP contribution is 2.30. The molecule has 4 aromatic rings. The van der Waals surface area contributed by atoms with Gasteiger partial charge < -0.3 is 15.1 Å². The summed E-state index contributed by atoms with van der Waals surface area (Å²) in [4.78, 5) is 36.4. The molecule has 0 saturated carbocycles. The Morgan fingerprint density at radius 1 is 1.03 bits per heavy atom. The Morgan fingerprint density at radius 3 is 2.67 bits per heavy atom.